The van der Waals surface area contributed by atoms with E-state index in [1.165, 1.54) is 11.5 Å². The number of amides is 1. The average Bonchev–Trinajstić information content (AvgIpc) is 3.00. The third-order valence-corrected chi connectivity index (χ3v) is 5.54. The van der Waals surface area contributed by atoms with Crippen molar-refractivity contribution in [2.45, 2.75) is 79.1 Å². The Morgan fingerprint density at radius 3 is 2.17 bits per heavy atom. The van der Waals surface area contributed by atoms with E-state index in [0.717, 1.165) is 16.4 Å². The molecule has 0 spiro atoms. The Morgan fingerprint density at radius 1 is 1.10 bits per heavy atom. The lowest BCUT2D eigenvalue weighted by Gasteiger charge is -2.32. The normalized spacial score (nSPS) is 18.0. The van der Waals surface area contributed by atoms with Crippen LogP contribution in [0, 0.1) is 6.92 Å². The molecular weight excluding hydrogens is 383 g/mol. The van der Waals surface area contributed by atoms with Gasteiger partial charge in [-0.3, -0.25) is 9.36 Å². The van der Waals surface area contributed by atoms with Gasteiger partial charge >= 0.3 is 13.2 Å². The molecule has 0 radical (unpaired) electrons. The van der Waals surface area contributed by atoms with Crippen LogP contribution >= 0.6 is 0 Å². The molecule has 1 aromatic heterocycles. The second-order valence-corrected chi connectivity index (χ2v) is 9.90. The van der Waals surface area contributed by atoms with Gasteiger partial charge in [0, 0.05) is 18.5 Å². The maximum Gasteiger partial charge on any atom is 0.494 e. The molecule has 0 bridgehead atoms. The number of fused-ring (bicyclic) bond motifs is 1. The fraction of sp³-hybridized carbons (Fsp3) is 0.545. The largest absolute Gasteiger partial charge is 0.494 e. The highest BCUT2D eigenvalue weighted by molar-refractivity contribution is 6.62. The molecule has 0 unspecified atom stereocenters. The lowest BCUT2D eigenvalue weighted by molar-refractivity contribution is -0.114. The van der Waals surface area contributed by atoms with Crippen molar-refractivity contribution in [2.75, 3.05) is 5.32 Å². The second-order valence-electron chi connectivity index (χ2n) is 9.90. The number of nitrogens with one attached hydrogen (secondary N) is 1. The molecule has 0 atom stereocenters. The highest BCUT2D eigenvalue weighted by atomic mass is 16.7. The number of carbonyl (C=O) groups excluding carboxylic acids is 2. The highest BCUT2D eigenvalue weighted by Crippen LogP contribution is 2.37. The van der Waals surface area contributed by atoms with Crippen molar-refractivity contribution in [1.29, 1.82) is 0 Å². The summed E-state index contributed by atoms with van der Waals surface area (Å²) in [6, 6.07) is 3.85. The summed E-state index contributed by atoms with van der Waals surface area (Å²) < 4.78 is 19.4. The fourth-order valence-corrected chi connectivity index (χ4v) is 3.46. The Kier molecular flexibility index (Phi) is 5.32. The van der Waals surface area contributed by atoms with Crippen LogP contribution < -0.4 is 10.8 Å². The van der Waals surface area contributed by atoms with Crippen molar-refractivity contribution >= 4 is 41.2 Å². The molecule has 1 N–H and O–H groups in total. The number of benzene rings is 1. The molecule has 0 saturated carbocycles. The SMILES string of the molecule is CC(=O)Nc1cn(C(=O)OC(C)(C)C)c2c(C)cc(B3OC(C)(C)C(C)(C)O3)cc12. The molecule has 2 heterocycles. The maximum atomic E-state index is 12.8. The number of hydrogen-bond donors (Lipinski definition) is 1. The van der Waals surface area contributed by atoms with Crippen molar-refractivity contribution in [1.82, 2.24) is 4.57 Å². The second kappa shape index (κ2) is 7.13. The molecule has 1 saturated heterocycles. The van der Waals surface area contributed by atoms with Gasteiger partial charge in [0.05, 0.1) is 22.4 Å². The van der Waals surface area contributed by atoms with Gasteiger partial charge in [0.25, 0.3) is 0 Å². The molecule has 1 amide bonds. The predicted molar refractivity (Wildman–Crippen MR) is 118 cm³/mol. The molecule has 162 valence electrons. The van der Waals surface area contributed by atoms with E-state index >= 15 is 0 Å². The summed E-state index contributed by atoms with van der Waals surface area (Å²) in [6.45, 7) is 16.8. The van der Waals surface area contributed by atoms with E-state index in [1.54, 1.807) is 6.20 Å². The minimum Gasteiger partial charge on any atom is -0.443 e. The van der Waals surface area contributed by atoms with Gasteiger partial charge in [-0.25, -0.2) is 4.79 Å². The molecule has 7 nitrogen and oxygen atoms in total. The monoisotopic (exact) mass is 414 g/mol. The third-order valence-electron chi connectivity index (χ3n) is 5.54. The quantitative estimate of drug-likeness (QED) is 0.752. The molecule has 1 aromatic carbocycles. The first-order valence-corrected chi connectivity index (χ1v) is 10.1. The molecule has 2 aromatic rings. The van der Waals surface area contributed by atoms with Gasteiger partial charge in [-0.05, 0) is 66.4 Å². The van der Waals surface area contributed by atoms with E-state index in [-0.39, 0.29) is 5.91 Å². The van der Waals surface area contributed by atoms with E-state index in [1.807, 2.05) is 67.5 Å². The molecule has 1 fully saturated rings. The first-order chi connectivity index (χ1) is 13.6. The third kappa shape index (κ3) is 4.11. The Labute approximate surface area is 178 Å². The van der Waals surface area contributed by atoms with Crippen molar-refractivity contribution in [3.8, 4) is 0 Å². The summed E-state index contributed by atoms with van der Waals surface area (Å²) in [7, 11) is -0.548. The number of hydrogen-bond acceptors (Lipinski definition) is 5. The zero-order chi connectivity index (χ0) is 22.6. The predicted octanol–water partition coefficient (Wildman–Crippen LogP) is 3.99. The molecule has 1 aliphatic rings. The lowest BCUT2D eigenvalue weighted by Crippen LogP contribution is -2.41. The minimum atomic E-state index is -0.640. The Hall–Kier alpha value is -2.32. The Balaban J connectivity index is 2.13. The first-order valence-electron chi connectivity index (χ1n) is 10.1. The standard InChI is InChI=1S/C22H31BN2O5/c1-13-10-15(23-29-21(6,7)22(8,9)30-23)11-16-17(24-14(2)26)12-25(18(13)16)19(27)28-20(3,4)5/h10-12H,1-9H3,(H,24,26). The van der Waals surface area contributed by atoms with Gasteiger partial charge in [0.15, 0.2) is 0 Å². The number of ether oxygens (including phenoxy) is 1. The molecule has 8 heteroatoms. The van der Waals surface area contributed by atoms with Crippen LogP contribution in [0.4, 0.5) is 10.5 Å². The number of carbonyl (C=O) groups is 2. The first kappa shape index (κ1) is 22.4. The molecular formula is C22H31BN2O5. The van der Waals surface area contributed by atoms with Crippen LogP contribution in [0.15, 0.2) is 18.3 Å². The summed E-state index contributed by atoms with van der Waals surface area (Å²) in [5.74, 6) is -0.225. The summed E-state index contributed by atoms with van der Waals surface area (Å²) in [5, 5.41) is 3.54. The van der Waals surface area contributed by atoms with E-state index < -0.39 is 30.0 Å². The van der Waals surface area contributed by atoms with Crippen LogP contribution in [0.1, 0.15) is 61.0 Å². The van der Waals surface area contributed by atoms with Crippen LogP contribution in [0.3, 0.4) is 0 Å². The lowest BCUT2D eigenvalue weighted by atomic mass is 9.77. The van der Waals surface area contributed by atoms with Crippen LogP contribution in [0.5, 0.6) is 0 Å². The average molecular weight is 414 g/mol. The van der Waals surface area contributed by atoms with Gasteiger partial charge in [-0.15, -0.1) is 0 Å². The van der Waals surface area contributed by atoms with Crippen LogP contribution in [0.25, 0.3) is 10.9 Å². The number of nitrogens with zero attached hydrogens (tertiary/aromatic N) is 1. The smallest absolute Gasteiger partial charge is 0.443 e. The summed E-state index contributed by atoms with van der Waals surface area (Å²) in [4.78, 5) is 24.6. The Bertz CT molecular complexity index is 1000. The number of anilines is 1. The van der Waals surface area contributed by atoms with Gasteiger partial charge in [-0.1, -0.05) is 12.1 Å². The van der Waals surface area contributed by atoms with E-state index in [9.17, 15) is 9.59 Å². The zero-order valence-electron chi connectivity index (χ0n) is 19.3. The van der Waals surface area contributed by atoms with E-state index in [4.69, 9.17) is 14.0 Å². The van der Waals surface area contributed by atoms with E-state index in [2.05, 4.69) is 5.32 Å². The zero-order valence-corrected chi connectivity index (χ0v) is 19.3. The van der Waals surface area contributed by atoms with Gasteiger partial charge < -0.3 is 19.4 Å². The fourth-order valence-electron chi connectivity index (χ4n) is 3.46. The summed E-state index contributed by atoms with van der Waals surface area (Å²) in [6.07, 6.45) is 1.09. The van der Waals surface area contributed by atoms with Crippen molar-refractivity contribution in [3.05, 3.63) is 23.9 Å². The van der Waals surface area contributed by atoms with E-state index in [0.29, 0.717) is 11.2 Å². The molecule has 1 aliphatic heterocycles. The van der Waals surface area contributed by atoms with Crippen molar-refractivity contribution < 1.29 is 23.6 Å². The topological polar surface area (TPSA) is 78.8 Å². The molecule has 30 heavy (non-hydrogen) atoms. The number of aryl methyl sites for hydroxylation is 1. The van der Waals surface area contributed by atoms with Gasteiger partial charge in [0.1, 0.15) is 5.60 Å². The summed E-state index contributed by atoms with van der Waals surface area (Å²) in [5.41, 5.74) is 1.30. The van der Waals surface area contributed by atoms with Crippen LogP contribution in [0.2, 0.25) is 0 Å². The Morgan fingerprint density at radius 2 is 1.67 bits per heavy atom. The molecule has 3 rings (SSSR count). The van der Waals surface area contributed by atoms with Gasteiger partial charge in [-0.2, -0.15) is 0 Å². The minimum absolute atomic E-state index is 0.225. The molecule has 0 aliphatic carbocycles. The highest BCUT2D eigenvalue weighted by Gasteiger charge is 2.51. The summed E-state index contributed by atoms with van der Waals surface area (Å²) >= 11 is 0. The van der Waals surface area contributed by atoms with Crippen LogP contribution in [-0.2, 0) is 18.8 Å². The van der Waals surface area contributed by atoms with Crippen LogP contribution in [-0.4, -0.2) is 40.5 Å². The maximum absolute atomic E-state index is 12.8. The van der Waals surface area contributed by atoms with Crippen molar-refractivity contribution in [3.63, 3.8) is 0 Å². The van der Waals surface area contributed by atoms with Crippen molar-refractivity contribution in [2.24, 2.45) is 0 Å². The van der Waals surface area contributed by atoms with Gasteiger partial charge in [0.2, 0.25) is 5.91 Å². The number of rotatable bonds is 2. The number of aromatic nitrogens is 1.